The number of hydrogen-bond acceptors (Lipinski definition) is 4. The molecular weight excluding hydrogens is 573 g/mol. The van der Waals surface area contributed by atoms with Crippen molar-refractivity contribution in [2.75, 3.05) is 0 Å². The standard InChI is InChI=1S/C27H23N4.Ir/c1-16-12-25(21-10-11-22-19-8-9-20(13-19)23(22)14-21)28-15-24(16)27-30-17(2)29-26(31-27)18-6-4-3-5-7-18;/h3-7,11-12,14-15,19-20H,8-9,13H2,1-2H3;/q-1;. The molecule has 2 unspecified atom stereocenters. The van der Waals surface area contributed by atoms with Gasteiger partial charge in [-0.3, -0.25) is 0 Å². The summed E-state index contributed by atoms with van der Waals surface area (Å²) in [5, 5.41) is 0. The zero-order chi connectivity index (χ0) is 20.9. The van der Waals surface area contributed by atoms with Gasteiger partial charge in [0.2, 0.25) is 0 Å². The molecule has 2 heterocycles. The second kappa shape index (κ2) is 8.31. The smallest absolute Gasteiger partial charge is 0.165 e. The molecule has 0 amide bonds. The van der Waals surface area contributed by atoms with Gasteiger partial charge in [-0.05, 0) is 49.8 Å². The molecule has 5 heteroatoms. The SMILES string of the molecule is Cc1nc(-c2ccccc2)nc(-c2cnc(-c3[c-]cc4c(c3)C3CCC4C3)cc2C)n1.[Ir]. The van der Waals surface area contributed by atoms with Crippen LogP contribution in [0.25, 0.3) is 34.0 Å². The number of aromatic nitrogens is 4. The van der Waals surface area contributed by atoms with Gasteiger partial charge in [-0.1, -0.05) is 42.8 Å². The first-order valence-electron chi connectivity index (χ1n) is 11.0. The van der Waals surface area contributed by atoms with Crippen molar-refractivity contribution < 1.29 is 20.1 Å². The predicted molar refractivity (Wildman–Crippen MR) is 122 cm³/mol. The fourth-order valence-corrected chi connectivity index (χ4v) is 5.18. The third-order valence-electron chi connectivity index (χ3n) is 6.74. The summed E-state index contributed by atoms with van der Waals surface area (Å²) in [5.41, 5.74) is 8.10. The van der Waals surface area contributed by atoms with Gasteiger partial charge in [0.25, 0.3) is 0 Å². The van der Waals surface area contributed by atoms with Crippen LogP contribution in [0.1, 0.15) is 53.6 Å². The van der Waals surface area contributed by atoms with Crippen LogP contribution in [-0.4, -0.2) is 19.9 Å². The molecule has 6 rings (SSSR count). The molecule has 0 spiro atoms. The van der Waals surface area contributed by atoms with Crippen LogP contribution in [0.15, 0.2) is 54.7 Å². The Morgan fingerprint density at radius 2 is 1.62 bits per heavy atom. The van der Waals surface area contributed by atoms with Crippen LogP contribution in [0, 0.1) is 19.9 Å². The second-order valence-electron chi connectivity index (χ2n) is 8.74. The van der Waals surface area contributed by atoms with E-state index in [0.29, 0.717) is 17.5 Å². The van der Waals surface area contributed by atoms with Crippen molar-refractivity contribution in [3.05, 3.63) is 83.3 Å². The van der Waals surface area contributed by atoms with E-state index in [4.69, 9.17) is 9.97 Å². The summed E-state index contributed by atoms with van der Waals surface area (Å²) in [6, 6.07) is 20.2. The van der Waals surface area contributed by atoms with E-state index in [1.165, 1.54) is 30.4 Å². The van der Waals surface area contributed by atoms with E-state index >= 15 is 0 Å². The first-order chi connectivity index (χ1) is 15.2. The van der Waals surface area contributed by atoms with E-state index in [0.717, 1.165) is 39.8 Å². The maximum Gasteiger partial charge on any atom is 0.165 e. The summed E-state index contributed by atoms with van der Waals surface area (Å²) in [6.45, 7) is 4.00. The van der Waals surface area contributed by atoms with Crippen LogP contribution in [0.3, 0.4) is 0 Å². The number of rotatable bonds is 3. The molecule has 161 valence electrons. The molecule has 4 aromatic rings. The summed E-state index contributed by atoms with van der Waals surface area (Å²) in [5.74, 6) is 3.55. The van der Waals surface area contributed by atoms with Gasteiger partial charge < -0.3 is 4.98 Å². The van der Waals surface area contributed by atoms with Gasteiger partial charge in [0.1, 0.15) is 5.82 Å². The molecule has 4 nitrogen and oxygen atoms in total. The van der Waals surface area contributed by atoms with Crippen molar-refractivity contribution >= 4 is 0 Å². The summed E-state index contributed by atoms with van der Waals surface area (Å²) in [4.78, 5) is 18.6. The molecule has 1 radical (unpaired) electrons. The molecule has 32 heavy (non-hydrogen) atoms. The number of nitrogens with zero attached hydrogens (tertiary/aromatic N) is 4. The van der Waals surface area contributed by atoms with Gasteiger partial charge in [-0.15, -0.1) is 34.9 Å². The minimum atomic E-state index is 0. The maximum atomic E-state index is 4.77. The van der Waals surface area contributed by atoms with Gasteiger partial charge in [0.05, 0.1) is 0 Å². The fraction of sp³-hybridized carbons (Fsp3) is 0.259. The van der Waals surface area contributed by atoms with Crippen molar-refractivity contribution in [1.29, 1.82) is 0 Å². The van der Waals surface area contributed by atoms with Gasteiger partial charge in [-0.2, -0.15) is 0 Å². The van der Waals surface area contributed by atoms with Crippen molar-refractivity contribution in [3.8, 4) is 34.0 Å². The van der Waals surface area contributed by atoms with Gasteiger partial charge in [-0.25, -0.2) is 15.0 Å². The van der Waals surface area contributed by atoms with E-state index in [-0.39, 0.29) is 20.1 Å². The average molecular weight is 596 g/mol. The average Bonchev–Trinajstić information content (AvgIpc) is 3.42. The van der Waals surface area contributed by atoms with E-state index in [1.807, 2.05) is 43.5 Å². The number of pyridine rings is 1. The fourth-order valence-electron chi connectivity index (χ4n) is 5.18. The summed E-state index contributed by atoms with van der Waals surface area (Å²) < 4.78 is 0. The van der Waals surface area contributed by atoms with Crippen LogP contribution < -0.4 is 0 Å². The van der Waals surface area contributed by atoms with E-state index in [2.05, 4.69) is 41.2 Å². The number of fused-ring (bicyclic) bond motifs is 5. The van der Waals surface area contributed by atoms with Crippen LogP contribution in [-0.2, 0) is 20.1 Å². The number of hydrogen-bond donors (Lipinski definition) is 0. The Kier molecular flexibility index (Phi) is 5.48. The minimum absolute atomic E-state index is 0. The van der Waals surface area contributed by atoms with E-state index in [1.54, 1.807) is 0 Å². The Morgan fingerprint density at radius 1 is 0.875 bits per heavy atom. The summed E-state index contributed by atoms with van der Waals surface area (Å²) in [7, 11) is 0. The third-order valence-corrected chi connectivity index (χ3v) is 6.74. The van der Waals surface area contributed by atoms with E-state index < -0.39 is 0 Å². The molecule has 0 aliphatic heterocycles. The van der Waals surface area contributed by atoms with Crippen molar-refractivity contribution in [3.63, 3.8) is 0 Å². The Labute approximate surface area is 202 Å². The molecule has 2 atom stereocenters. The van der Waals surface area contributed by atoms with Crippen LogP contribution >= 0.6 is 0 Å². The van der Waals surface area contributed by atoms with Gasteiger partial charge in [0, 0.05) is 37.4 Å². The molecule has 0 N–H and O–H groups in total. The largest absolute Gasteiger partial charge is 0.304 e. The van der Waals surface area contributed by atoms with E-state index in [9.17, 15) is 0 Å². The zero-order valence-corrected chi connectivity index (χ0v) is 20.5. The summed E-state index contributed by atoms with van der Waals surface area (Å²) in [6.07, 6.45) is 5.88. The molecule has 0 saturated heterocycles. The van der Waals surface area contributed by atoms with Gasteiger partial charge in [0.15, 0.2) is 11.6 Å². The molecule has 2 aromatic carbocycles. The first kappa shape index (κ1) is 21.1. The number of benzene rings is 2. The number of aryl methyl sites for hydroxylation is 2. The topological polar surface area (TPSA) is 51.6 Å². The third kappa shape index (κ3) is 3.60. The predicted octanol–water partition coefficient (Wildman–Crippen LogP) is 6.05. The van der Waals surface area contributed by atoms with Gasteiger partial charge >= 0.3 is 0 Å². The van der Waals surface area contributed by atoms with Crippen LogP contribution in [0.5, 0.6) is 0 Å². The zero-order valence-electron chi connectivity index (χ0n) is 18.1. The molecule has 2 aromatic heterocycles. The normalized spacial score (nSPS) is 18.3. The maximum absolute atomic E-state index is 4.77. The molecule has 1 saturated carbocycles. The van der Waals surface area contributed by atoms with Crippen LogP contribution in [0.4, 0.5) is 0 Å². The summed E-state index contributed by atoms with van der Waals surface area (Å²) >= 11 is 0. The quantitative estimate of drug-likeness (QED) is 0.271. The molecule has 2 aliphatic rings. The molecule has 2 bridgehead atoms. The Hall–Kier alpha value is -2.75. The van der Waals surface area contributed by atoms with Crippen molar-refractivity contribution in [1.82, 2.24) is 19.9 Å². The first-order valence-corrected chi connectivity index (χ1v) is 11.0. The van der Waals surface area contributed by atoms with Crippen molar-refractivity contribution in [2.24, 2.45) is 0 Å². The Balaban J connectivity index is 0.00000216. The molecule has 2 aliphatic carbocycles. The minimum Gasteiger partial charge on any atom is -0.304 e. The second-order valence-corrected chi connectivity index (χ2v) is 8.74. The Morgan fingerprint density at radius 3 is 2.41 bits per heavy atom. The van der Waals surface area contributed by atoms with Crippen molar-refractivity contribution in [2.45, 2.75) is 44.9 Å². The van der Waals surface area contributed by atoms with Crippen LogP contribution in [0.2, 0.25) is 0 Å². The molecule has 1 fully saturated rings. The Bertz CT molecular complexity index is 1300. The molecular formula is C27H23IrN4-. The monoisotopic (exact) mass is 596 g/mol.